The lowest BCUT2D eigenvalue weighted by Crippen LogP contribution is -2.60. The molecule has 35 heavy (non-hydrogen) atoms. The predicted octanol–water partition coefficient (Wildman–Crippen LogP) is 4.90. The molecule has 10 heteroatoms. The van der Waals surface area contributed by atoms with Crippen molar-refractivity contribution in [3.05, 3.63) is 69.9 Å². The van der Waals surface area contributed by atoms with E-state index in [0.29, 0.717) is 23.9 Å². The Morgan fingerprint density at radius 1 is 1.09 bits per heavy atom. The van der Waals surface area contributed by atoms with Crippen molar-refractivity contribution >= 4 is 27.7 Å². The summed E-state index contributed by atoms with van der Waals surface area (Å²) in [6, 6.07) is 11.4. The number of rotatable bonds is 4. The van der Waals surface area contributed by atoms with Gasteiger partial charge in [0.15, 0.2) is 0 Å². The fraction of sp³-hybridized carbons (Fsp3) is 0.440. The second-order valence-corrected chi connectivity index (χ2v) is 10.0. The van der Waals surface area contributed by atoms with Crippen LogP contribution in [0.15, 0.2) is 53.0 Å². The Labute approximate surface area is 208 Å². The molecule has 0 unspecified atom stereocenters. The van der Waals surface area contributed by atoms with Crippen LogP contribution in [0.3, 0.4) is 0 Å². The molecule has 2 fully saturated rings. The van der Waals surface area contributed by atoms with Crippen molar-refractivity contribution in [2.45, 2.75) is 37.0 Å². The van der Waals surface area contributed by atoms with Crippen molar-refractivity contribution in [1.29, 1.82) is 0 Å². The molecule has 2 amide bonds. The van der Waals surface area contributed by atoms with E-state index >= 15 is 0 Å². The number of alkyl halides is 3. The first-order valence-corrected chi connectivity index (χ1v) is 12.0. The van der Waals surface area contributed by atoms with E-state index in [-0.39, 0.29) is 42.7 Å². The topological polar surface area (TPSA) is 58.6 Å². The highest BCUT2D eigenvalue weighted by molar-refractivity contribution is 9.10. The molecule has 5 nitrogen and oxygen atoms in total. The largest absolute Gasteiger partial charge is 0.430 e. The minimum Gasteiger partial charge on any atom is -0.356 e. The summed E-state index contributed by atoms with van der Waals surface area (Å²) < 4.78 is 62.3. The molecule has 0 aromatic heterocycles. The van der Waals surface area contributed by atoms with Gasteiger partial charge >= 0.3 is 6.18 Å². The fourth-order valence-electron chi connectivity index (χ4n) is 5.42. The lowest BCUT2D eigenvalue weighted by molar-refractivity contribution is -0.271. The minimum absolute atomic E-state index is 0.0432. The number of benzene rings is 2. The number of piperidine rings is 2. The van der Waals surface area contributed by atoms with Crippen LogP contribution in [0.25, 0.3) is 0 Å². The average molecular weight is 557 g/mol. The van der Waals surface area contributed by atoms with Crippen LogP contribution in [0.2, 0.25) is 0 Å². The van der Waals surface area contributed by atoms with Crippen LogP contribution in [-0.4, -0.2) is 49.6 Å². The first-order chi connectivity index (χ1) is 16.5. The van der Waals surface area contributed by atoms with Crippen LogP contribution in [0.5, 0.6) is 0 Å². The SMILES string of the molecule is CO[C@](C(=O)N1CCC2(CC1)CC(=O)NC[C@H]2c1ccc(F)cc1)(c1ccc(Br)cc1)C(F)(F)F. The van der Waals surface area contributed by atoms with Crippen molar-refractivity contribution in [1.82, 2.24) is 10.2 Å². The second kappa shape index (κ2) is 9.54. The Bertz CT molecular complexity index is 1080. The van der Waals surface area contributed by atoms with Crippen molar-refractivity contribution in [2.75, 3.05) is 26.7 Å². The number of carbonyl (C=O) groups excluding carboxylic acids is 2. The molecule has 0 aliphatic carbocycles. The van der Waals surface area contributed by atoms with Gasteiger partial charge in [0.05, 0.1) is 0 Å². The van der Waals surface area contributed by atoms with Crippen LogP contribution in [0.1, 0.15) is 36.3 Å². The Morgan fingerprint density at radius 2 is 1.69 bits per heavy atom. The van der Waals surface area contributed by atoms with Gasteiger partial charge in [0, 0.05) is 49.1 Å². The van der Waals surface area contributed by atoms with Gasteiger partial charge in [-0.15, -0.1) is 0 Å². The van der Waals surface area contributed by atoms with Gasteiger partial charge < -0.3 is 15.0 Å². The highest BCUT2D eigenvalue weighted by Gasteiger charge is 2.64. The van der Waals surface area contributed by atoms with Gasteiger partial charge in [0.1, 0.15) is 5.82 Å². The summed E-state index contributed by atoms with van der Waals surface area (Å²) in [7, 11) is 0.884. The van der Waals surface area contributed by atoms with Crippen molar-refractivity contribution < 1.29 is 31.9 Å². The molecule has 0 saturated carbocycles. The van der Waals surface area contributed by atoms with E-state index < -0.39 is 23.1 Å². The number of carbonyl (C=O) groups is 2. The number of methoxy groups -OCH3 is 1. The van der Waals surface area contributed by atoms with E-state index in [9.17, 15) is 27.2 Å². The van der Waals surface area contributed by atoms with Crippen LogP contribution in [-0.2, 0) is 19.9 Å². The normalized spacial score (nSPS) is 21.9. The van der Waals surface area contributed by atoms with Crippen molar-refractivity contribution in [2.24, 2.45) is 5.41 Å². The molecule has 2 atom stereocenters. The van der Waals surface area contributed by atoms with Crippen LogP contribution < -0.4 is 5.32 Å². The smallest absolute Gasteiger partial charge is 0.356 e. The molecular weight excluding hydrogens is 532 g/mol. The molecule has 2 aromatic carbocycles. The van der Waals surface area contributed by atoms with Gasteiger partial charge in [-0.1, -0.05) is 40.2 Å². The van der Waals surface area contributed by atoms with Crippen molar-refractivity contribution in [3.63, 3.8) is 0 Å². The van der Waals surface area contributed by atoms with E-state index in [2.05, 4.69) is 21.2 Å². The number of nitrogens with zero attached hydrogens (tertiary/aromatic N) is 1. The zero-order valence-electron chi connectivity index (χ0n) is 19.0. The van der Waals surface area contributed by atoms with Gasteiger partial charge in [-0.05, 0) is 48.1 Å². The molecule has 4 rings (SSSR count). The first kappa shape index (κ1) is 25.6. The summed E-state index contributed by atoms with van der Waals surface area (Å²) in [6.07, 6.45) is -4.12. The maximum atomic E-state index is 14.4. The zero-order valence-corrected chi connectivity index (χ0v) is 20.6. The van der Waals surface area contributed by atoms with Crippen LogP contribution >= 0.6 is 15.9 Å². The van der Waals surface area contributed by atoms with Crippen LogP contribution in [0, 0.1) is 11.2 Å². The van der Waals surface area contributed by atoms with Gasteiger partial charge in [-0.25, -0.2) is 4.39 Å². The number of amides is 2. The molecular formula is C25H25BrF4N2O3. The van der Waals surface area contributed by atoms with E-state index in [1.165, 1.54) is 41.3 Å². The average Bonchev–Trinajstić information content (AvgIpc) is 2.81. The molecule has 188 valence electrons. The summed E-state index contributed by atoms with van der Waals surface area (Å²) >= 11 is 3.20. The first-order valence-electron chi connectivity index (χ1n) is 11.2. The molecule has 2 aliphatic heterocycles. The van der Waals surface area contributed by atoms with Gasteiger partial charge in [0.25, 0.3) is 11.5 Å². The summed E-state index contributed by atoms with van der Waals surface area (Å²) in [6.45, 7) is 0.435. The van der Waals surface area contributed by atoms with Gasteiger partial charge in [0.2, 0.25) is 5.91 Å². The number of ether oxygens (including phenoxy) is 1. The third-order valence-electron chi connectivity index (χ3n) is 7.33. The summed E-state index contributed by atoms with van der Waals surface area (Å²) in [5, 5.41) is 2.84. The molecule has 2 heterocycles. The maximum absolute atomic E-state index is 14.4. The van der Waals surface area contributed by atoms with E-state index in [1.807, 2.05) is 0 Å². The molecule has 1 N–H and O–H groups in total. The summed E-state index contributed by atoms with van der Waals surface area (Å²) in [5.74, 6) is -1.83. The quantitative estimate of drug-likeness (QED) is 0.545. The molecule has 0 bridgehead atoms. The van der Waals surface area contributed by atoms with E-state index in [0.717, 1.165) is 12.7 Å². The molecule has 2 aromatic rings. The fourth-order valence-corrected chi connectivity index (χ4v) is 5.69. The Hall–Kier alpha value is -2.46. The molecule has 2 aliphatic rings. The number of hydrogen-bond donors (Lipinski definition) is 1. The van der Waals surface area contributed by atoms with Crippen LogP contribution in [0.4, 0.5) is 17.6 Å². The number of nitrogens with one attached hydrogen (secondary N) is 1. The monoisotopic (exact) mass is 556 g/mol. The maximum Gasteiger partial charge on any atom is 0.430 e. The van der Waals surface area contributed by atoms with Crippen molar-refractivity contribution in [3.8, 4) is 0 Å². The highest BCUT2D eigenvalue weighted by atomic mass is 79.9. The summed E-state index contributed by atoms with van der Waals surface area (Å²) in [4.78, 5) is 26.9. The minimum atomic E-state index is -5.00. The van der Waals surface area contributed by atoms with Gasteiger partial charge in [-0.2, -0.15) is 13.2 Å². The lowest BCUT2D eigenvalue weighted by Gasteiger charge is -2.50. The van der Waals surface area contributed by atoms with E-state index in [4.69, 9.17) is 4.74 Å². The number of hydrogen-bond acceptors (Lipinski definition) is 3. The van der Waals surface area contributed by atoms with Gasteiger partial charge in [-0.3, -0.25) is 9.59 Å². The number of likely N-dealkylation sites (tertiary alicyclic amines) is 1. The molecule has 2 saturated heterocycles. The standard InChI is InChI=1S/C25H25BrF4N2O3/c1-35-24(25(28,29)30,17-4-6-18(26)7-5-17)22(34)32-12-10-23(11-13-32)14-21(33)31-15-20(23)16-2-8-19(27)9-3-16/h2-9,20H,10-15H2,1H3,(H,31,33)/t20-,24-/m0/s1. The Balaban J connectivity index is 1.62. The third-order valence-corrected chi connectivity index (χ3v) is 7.86. The number of halogens is 5. The predicted molar refractivity (Wildman–Crippen MR) is 124 cm³/mol. The Kier molecular flexibility index (Phi) is 6.98. The summed E-state index contributed by atoms with van der Waals surface area (Å²) in [5.41, 5.74) is -3.13. The second-order valence-electron chi connectivity index (χ2n) is 9.13. The molecule has 0 radical (unpaired) electrons. The Morgan fingerprint density at radius 3 is 2.23 bits per heavy atom. The highest BCUT2D eigenvalue weighted by Crippen LogP contribution is 2.50. The molecule has 1 spiro atoms. The van der Waals surface area contributed by atoms with E-state index in [1.54, 1.807) is 12.1 Å². The lowest BCUT2D eigenvalue weighted by atomic mass is 9.62. The zero-order chi connectivity index (χ0) is 25.4. The third kappa shape index (κ3) is 4.58.